The Balaban J connectivity index is 2.81. The Morgan fingerprint density at radius 3 is 2.39 bits per heavy atom. The van der Waals surface area contributed by atoms with E-state index in [1.165, 1.54) is 47.7 Å². The third-order valence-corrected chi connectivity index (χ3v) is 4.88. The Morgan fingerprint density at radius 1 is 1.17 bits per heavy atom. The summed E-state index contributed by atoms with van der Waals surface area (Å²) in [5, 5.41) is 4.98. The average molecular weight is 268 g/mol. The van der Waals surface area contributed by atoms with Crippen molar-refractivity contribution < 1.29 is 0 Å². The van der Waals surface area contributed by atoms with E-state index in [0.717, 1.165) is 6.54 Å². The van der Waals surface area contributed by atoms with Crippen LogP contribution in [0.5, 0.6) is 0 Å². The minimum Gasteiger partial charge on any atom is -0.306 e. The second-order valence-corrected chi connectivity index (χ2v) is 6.58. The molecule has 0 amide bonds. The second-order valence-electron chi connectivity index (χ2n) is 5.38. The monoisotopic (exact) mass is 268 g/mol. The lowest BCUT2D eigenvalue weighted by Crippen LogP contribution is -2.40. The van der Waals surface area contributed by atoms with Gasteiger partial charge in [0.15, 0.2) is 0 Å². The van der Waals surface area contributed by atoms with E-state index in [1.807, 2.05) is 11.3 Å². The van der Waals surface area contributed by atoms with Crippen LogP contribution >= 0.6 is 11.3 Å². The standard InChI is InChI=1S/C15H28N2S/c1-6-8-9-10-15(5,16-11-7-2)14-17-12(3)13(4)18-14/h16H,6-11H2,1-5H3. The molecule has 1 aromatic rings. The van der Waals surface area contributed by atoms with Gasteiger partial charge in [-0.2, -0.15) is 0 Å². The Bertz CT molecular complexity index is 340. The van der Waals surface area contributed by atoms with Crippen LogP contribution in [-0.4, -0.2) is 11.5 Å². The fraction of sp³-hybridized carbons (Fsp3) is 0.800. The van der Waals surface area contributed by atoms with Crippen LogP contribution in [0.2, 0.25) is 0 Å². The van der Waals surface area contributed by atoms with Gasteiger partial charge < -0.3 is 5.32 Å². The first kappa shape index (κ1) is 15.6. The van der Waals surface area contributed by atoms with Crippen LogP contribution in [0.1, 0.15) is 68.5 Å². The summed E-state index contributed by atoms with van der Waals surface area (Å²) in [5.41, 5.74) is 1.25. The number of hydrogen-bond acceptors (Lipinski definition) is 3. The predicted molar refractivity (Wildman–Crippen MR) is 81.4 cm³/mol. The molecule has 18 heavy (non-hydrogen) atoms. The zero-order chi connectivity index (χ0) is 13.6. The van der Waals surface area contributed by atoms with Crippen LogP contribution in [-0.2, 0) is 5.54 Å². The molecule has 2 nitrogen and oxygen atoms in total. The van der Waals surface area contributed by atoms with Gasteiger partial charge in [0.2, 0.25) is 0 Å². The van der Waals surface area contributed by atoms with E-state index in [0.29, 0.717) is 0 Å². The van der Waals surface area contributed by atoms with Crippen molar-refractivity contribution in [3.8, 4) is 0 Å². The number of nitrogens with one attached hydrogen (secondary N) is 1. The summed E-state index contributed by atoms with van der Waals surface area (Å²) in [5.74, 6) is 0. The molecule has 0 aliphatic rings. The largest absolute Gasteiger partial charge is 0.306 e. The van der Waals surface area contributed by atoms with E-state index < -0.39 is 0 Å². The molecule has 1 unspecified atom stereocenters. The van der Waals surface area contributed by atoms with E-state index in [9.17, 15) is 0 Å². The van der Waals surface area contributed by atoms with Crippen molar-refractivity contribution in [2.24, 2.45) is 0 Å². The number of unbranched alkanes of at least 4 members (excludes halogenated alkanes) is 2. The third kappa shape index (κ3) is 4.06. The molecule has 0 aliphatic carbocycles. The van der Waals surface area contributed by atoms with Crippen LogP contribution in [0, 0.1) is 13.8 Å². The van der Waals surface area contributed by atoms with Gasteiger partial charge in [0.05, 0.1) is 11.2 Å². The quantitative estimate of drug-likeness (QED) is 0.699. The molecule has 0 radical (unpaired) electrons. The van der Waals surface area contributed by atoms with Gasteiger partial charge in [0.25, 0.3) is 0 Å². The highest BCUT2D eigenvalue weighted by atomic mass is 32.1. The van der Waals surface area contributed by atoms with Gasteiger partial charge in [-0.15, -0.1) is 11.3 Å². The average Bonchev–Trinajstić information content (AvgIpc) is 2.68. The van der Waals surface area contributed by atoms with Crippen molar-refractivity contribution >= 4 is 11.3 Å². The summed E-state index contributed by atoms with van der Waals surface area (Å²) in [6.07, 6.45) is 6.23. The first-order valence-corrected chi connectivity index (χ1v) is 8.04. The van der Waals surface area contributed by atoms with Crippen molar-refractivity contribution in [3.63, 3.8) is 0 Å². The van der Waals surface area contributed by atoms with Gasteiger partial charge in [-0.1, -0.05) is 33.1 Å². The highest BCUT2D eigenvalue weighted by Crippen LogP contribution is 2.32. The molecule has 3 heteroatoms. The fourth-order valence-corrected chi connectivity index (χ4v) is 3.17. The van der Waals surface area contributed by atoms with E-state index in [1.54, 1.807) is 0 Å². The molecular formula is C15H28N2S. The van der Waals surface area contributed by atoms with Gasteiger partial charge >= 0.3 is 0 Å². The topological polar surface area (TPSA) is 24.9 Å². The molecular weight excluding hydrogens is 240 g/mol. The lowest BCUT2D eigenvalue weighted by molar-refractivity contribution is 0.326. The number of rotatable bonds is 8. The maximum Gasteiger partial charge on any atom is 0.113 e. The minimum atomic E-state index is 0.0644. The zero-order valence-electron chi connectivity index (χ0n) is 12.6. The SMILES string of the molecule is CCCCCC(C)(NCCC)c1nc(C)c(C)s1. The van der Waals surface area contributed by atoms with E-state index >= 15 is 0 Å². The Hall–Kier alpha value is -0.410. The molecule has 1 rings (SSSR count). The lowest BCUT2D eigenvalue weighted by atomic mass is 9.94. The zero-order valence-corrected chi connectivity index (χ0v) is 13.4. The predicted octanol–water partition coefficient (Wildman–Crippen LogP) is 4.56. The van der Waals surface area contributed by atoms with Crippen LogP contribution in [0.15, 0.2) is 0 Å². The number of aromatic nitrogens is 1. The molecule has 0 bridgehead atoms. The molecule has 0 aromatic carbocycles. The molecule has 1 aromatic heterocycles. The summed E-state index contributed by atoms with van der Waals surface area (Å²) >= 11 is 1.86. The molecule has 104 valence electrons. The van der Waals surface area contributed by atoms with Gasteiger partial charge in [-0.3, -0.25) is 0 Å². The summed E-state index contributed by atoms with van der Waals surface area (Å²) in [6, 6.07) is 0. The van der Waals surface area contributed by atoms with Crippen molar-refractivity contribution in [1.29, 1.82) is 0 Å². The van der Waals surface area contributed by atoms with Crippen molar-refractivity contribution in [1.82, 2.24) is 10.3 Å². The number of thiazole rings is 1. The molecule has 0 saturated heterocycles. The first-order valence-electron chi connectivity index (χ1n) is 7.23. The lowest BCUT2D eigenvalue weighted by Gasteiger charge is -2.29. The summed E-state index contributed by atoms with van der Waals surface area (Å²) in [7, 11) is 0. The summed E-state index contributed by atoms with van der Waals surface area (Å²) < 4.78 is 0. The van der Waals surface area contributed by atoms with E-state index in [2.05, 4.69) is 39.9 Å². The highest BCUT2D eigenvalue weighted by molar-refractivity contribution is 7.11. The normalized spacial score (nSPS) is 14.7. The molecule has 0 aliphatic heterocycles. The van der Waals surface area contributed by atoms with E-state index in [-0.39, 0.29) is 5.54 Å². The Morgan fingerprint density at radius 2 is 1.89 bits per heavy atom. The van der Waals surface area contributed by atoms with Crippen molar-refractivity contribution in [3.05, 3.63) is 15.6 Å². The smallest absolute Gasteiger partial charge is 0.113 e. The second kappa shape index (κ2) is 7.25. The molecule has 0 saturated carbocycles. The summed E-state index contributed by atoms with van der Waals surface area (Å²) in [6.45, 7) is 12.1. The van der Waals surface area contributed by atoms with Gasteiger partial charge in [0.1, 0.15) is 5.01 Å². The van der Waals surface area contributed by atoms with Crippen LogP contribution in [0.3, 0.4) is 0 Å². The van der Waals surface area contributed by atoms with Crippen LogP contribution < -0.4 is 5.32 Å². The molecule has 0 spiro atoms. The minimum absolute atomic E-state index is 0.0644. The van der Waals surface area contributed by atoms with Crippen molar-refractivity contribution in [2.75, 3.05) is 6.54 Å². The van der Waals surface area contributed by atoms with Gasteiger partial charge in [-0.25, -0.2) is 4.98 Å². The third-order valence-electron chi connectivity index (χ3n) is 3.55. The highest BCUT2D eigenvalue weighted by Gasteiger charge is 2.28. The fourth-order valence-electron chi connectivity index (χ4n) is 2.11. The van der Waals surface area contributed by atoms with Crippen LogP contribution in [0.25, 0.3) is 0 Å². The van der Waals surface area contributed by atoms with Gasteiger partial charge in [-0.05, 0) is 40.2 Å². The Kier molecular flexibility index (Phi) is 6.30. The maximum absolute atomic E-state index is 4.77. The maximum atomic E-state index is 4.77. The number of nitrogens with zero attached hydrogens (tertiary/aromatic N) is 1. The Labute approximate surface area is 116 Å². The summed E-state index contributed by atoms with van der Waals surface area (Å²) in [4.78, 5) is 6.12. The molecule has 1 N–H and O–H groups in total. The first-order chi connectivity index (χ1) is 8.53. The molecule has 1 atom stereocenters. The molecule has 0 fully saturated rings. The van der Waals surface area contributed by atoms with E-state index in [4.69, 9.17) is 4.98 Å². The van der Waals surface area contributed by atoms with Crippen molar-refractivity contribution in [2.45, 2.75) is 72.3 Å². The molecule has 1 heterocycles. The number of hydrogen-bond donors (Lipinski definition) is 1. The number of aryl methyl sites for hydroxylation is 2. The van der Waals surface area contributed by atoms with Crippen LogP contribution in [0.4, 0.5) is 0 Å². The van der Waals surface area contributed by atoms with Gasteiger partial charge in [0, 0.05) is 4.88 Å².